The molecular formula is C16H27N3O. The lowest BCUT2D eigenvalue weighted by Gasteiger charge is -2.48. The van der Waals surface area contributed by atoms with Crippen LogP contribution in [-0.4, -0.2) is 43.7 Å². The van der Waals surface area contributed by atoms with Crippen LogP contribution in [0.4, 0.5) is 0 Å². The van der Waals surface area contributed by atoms with E-state index in [1.54, 1.807) is 13.3 Å². The Balaban J connectivity index is 2.37. The Morgan fingerprint density at radius 2 is 1.95 bits per heavy atom. The molecule has 0 bridgehead atoms. The molecule has 0 aromatic carbocycles. The van der Waals surface area contributed by atoms with E-state index in [4.69, 9.17) is 4.74 Å². The first-order valence-electron chi connectivity index (χ1n) is 7.47. The lowest BCUT2D eigenvalue weighted by molar-refractivity contribution is 0.0592. The zero-order valence-electron chi connectivity index (χ0n) is 13.1. The Kier molecular flexibility index (Phi) is 5.00. The van der Waals surface area contributed by atoms with Crippen LogP contribution in [-0.2, 0) is 0 Å². The van der Waals surface area contributed by atoms with Crippen molar-refractivity contribution in [2.75, 3.05) is 28.3 Å². The van der Waals surface area contributed by atoms with Crippen LogP contribution in [0.25, 0.3) is 0 Å². The molecule has 0 spiro atoms. The summed E-state index contributed by atoms with van der Waals surface area (Å²) in [6.45, 7) is 0. The quantitative estimate of drug-likeness (QED) is 0.898. The van der Waals surface area contributed by atoms with E-state index >= 15 is 0 Å². The van der Waals surface area contributed by atoms with Gasteiger partial charge in [0.1, 0.15) is 5.75 Å². The van der Waals surface area contributed by atoms with Crippen LogP contribution < -0.4 is 10.1 Å². The van der Waals surface area contributed by atoms with Crippen LogP contribution in [0.15, 0.2) is 18.5 Å². The van der Waals surface area contributed by atoms with Crippen molar-refractivity contribution in [3.05, 3.63) is 24.0 Å². The lowest BCUT2D eigenvalue weighted by atomic mass is 9.73. The second-order valence-corrected chi connectivity index (χ2v) is 5.94. The van der Waals surface area contributed by atoms with Crippen LogP contribution in [0.1, 0.15) is 43.7 Å². The van der Waals surface area contributed by atoms with Gasteiger partial charge in [0.05, 0.1) is 19.3 Å². The third-order valence-electron chi connectivity index (χ3n) is 4.74. The number of nitrogens with one attached hydrogen (secondary N) is 1. The number of rotatable bonds is 5. The molecule has 1 aliphatic carbocycles. The van der Waals surface area contributed by atoms with Crippen LogP contribution >= 0.6 is 0 Å². The van der Waals surface area contributed by atoms with Crippen LogP contribution in [0.5, 0.6) is 5.75 Å². The molecule has 112 valence electrons. The number of aromatic nitrogens is 1. The Morgan fingerprint density at radius 3 is 2.50 bits per heavy atom. The van der Waals surface area contributed by atoms with Gasteiger partial charge in [0.15, 0.2) is 0 Å². The molecule has 4 heteroatoms. The molecule has 20 heavy (non-hydrogen) atoms. The smallest absolute Gasteiger partial charge is 0.137 e. The summed E-state index contributed by atoms with van der Waals surface area (Å²) in [5.74, 6) is 0.826. The van der Waals surface area contributed by atoms with Gasteiger partial charge in [0.25, 0.3) is 0 Å². The summed E-state index contributed by atoms with van der Waals surface area (Å²) in [5, 5.41) is 3.52. The molecule has 1 saturated carbocycles. The van der Waals surface area contributed by atoms with Crippen molar-refractivity contribution in [3.63, 3.8) is 0 Å². The first-order valence-corrected chi connectivity index (χ1v) is 7.47. The monoisotopic (exact) mass is 277 g/mol. The molecular weight excluding hydrogens is 250 g/mol. The van der Waals surface area contributed by atoms with Gasteiger partial charge < -0.3 is 15.0 Å². The minimum absolute atomic E-state index is 0.168. The molecule has 4 nitrogen and oxygen atoms in total. The van der Waals surface area contributed by atoms with E-state index in [9.17, 15) is 0 Å². The Labute approximate surface area is 122 Å². The van der Waals surface area contributed by atoms with Gasteiger partial charge in [-0.05, 0) is 45.6 Å². The summed E-state index contributed by atoms with van der Waals surface area (Å²) < 4.78 is 5.33. The summed E-state index contributed by atoms with van der Waals surface area (Å²) in [5.41, 5.74) is 1.38. The number of nitrogens with zero attached hydrogens (tertiary/aromatic N) is 2. The highest BCUT2D eigenvalue weighted by Gasteiger charge is 2.42. The lowest BCUT2D eigenvalue weighted by Crippen LogP contribution is -2.54. The van der Waals surface area contributed by atoms with Gasteiger partial charge in [0, 0.05) is 11.7 Å². The van der Waals surface area contributed by atoms with Crippen molar-refractivity contribution >= 4 is 0 Å². The highest BCUT2D eigenvalue weighted by Crippen LogP contribution is 2.42. The third kappa shape index (κ3) is 2.81. The van der Waals surface area contributed by atoms with Crippen molar-refractivity contribution in [1.82, 2.24) is 15.2 Å². The van der Waals surface area contributed by atoms with Crippen LogP contribution in [0.2, 0.25) is 0 Å². The highest BCUT2D eigenvalue weighted by atomic mass is 16.5. The molecule has 1 atom stereocenters. The van der Waals surface area contributed by atoms with Gasteiger partial charge in [-0.3, -0.25) is 4.98 Å². The molecule has 1 unspecified atom stereocenters. The third-order valence-corrected chi connectivity index (χ3v) is 4.74. The normalized spacial score (nSPS) is 19.9. The van der Waals surface area contributed by atoms with E-state index in [2.05, 4.69) is 35.4 Å². The van der Waals surface area contributed by atoms with Gasteiger partial charge in [-0.2, -0.15) is 0 Å². The Hall–Kier alpha value is -1.13. The topological polar surface area (TPSA) is 37.4 Å². The Morgan fingerprint density at radius 1 is 1.25 bits per heavy atom. The maximum Gasteiger partial charge on any atom is 0.137 e. The molecule has 1 aromatic rings. The van der Waals surface area contributed by atoms with E-state index in [0.717, 1.165) is 5.75 Å². The average Bonchev–Trinajstić information content (AvgIpc) is 2.49. The van der Waals surface area contributed by atoms with Crippen molar-refractivity contribution in [2.45, 2.75) is 43.7 Å². The van der Waals surface area contributed by atoms with Crippen molar-refractivity contribution in [1.29, 1.82) is 0 Å². The summed E-state index contributed by atoms with van der Waals surface area (Å²) in [6.07, 6.45) is 10.1. The number of hydrogen-bond acceptors (Lipinski definition) is 4. The maximum atomic E-state index is 5.33. The Bertz CT molecular complexity index is 427. The zero-order chi connectivity index (χ0) is 14.6. The van der Waals surface area contributed by atoms with Gasteiger partial charge >= 0.3 is 0 Å². The van der Waals surface area contributed by atoms with Crippen molar-refractivity contribution in [3.8, 4) is 5.75 Å². The minimum atomic E-state index is 0.168. The predicted octanol–water partition coefficient (Wildman–Crippen LogP) is 2.62. The summed E-state index contributed by atoms with van der Waals surface area (Å²) in [6, 6.07) is 2.38. The molecule has 0 saturated heterocycles. The van der Waals surface area contributed by atoms with Crippen LogP contribution in [0.3, 0.4) is 0 Å². The molecule has 1 N–H and O–H groups in total. The van der Waals surface area contributed by atoms with Gasteiger partial charge in [-0.25, -0.2) is 0 Å². The van der Waals surface area contributed by atoms with E-state index in [0.29, 0.717) is 0 Å². The molecule has 0 radical (unpaired) electrons. The molecule has 2 rings (SSSR count). The van der Waals surface area contributed by atoms with Crippen LogP contribution in [0, 0.1) is 0 Å². The SMILES string of the molecule is CNC(c1cncc(OC)c1)C1(N(C)C)CCCCC1. The molecule has 1 fully saturated rings. The zero-order valence-corrected chi connectivity index (χ0v) is 13.1. The second-order valence-electron chi connectivity index (χ2n) is 5.94. The van der Waals surface area contributed by atoms with E-state index < -0.39 is 0 Å². The largest absolute Gasteiger partial charge is 0.495 e. The van der Waals surface area contributed by atoms with Gasteiger partial charge in [0.2, 0.25) is 0 Å². The number of likely N-dealkylation sites (N-methyl/N-ethyl adjacent to an activating group) is 2. The summed E-state index contributed by atoms with van der Waals surface area (Å²) >= 11 is 0. The average molecular weight is 277 g/mol. The highest BCUT2D eigenvalue weighted by molar-refractivity contribution is 5.29. The molecule has 0 amide bonds. The van der Waals surface area contributed by atoms with Gasteiger partial charge in [-0.1, -0.05) is 19.3 Å². The summed E-state index contributed by atoms with van der Waals surface area (Å²) in [7, 11) is 8.13. The van der Waals surface area contributed by atoms with E-state index in [1.807, 2.05) is 13.2 Å². The number of ether oxygens (including phenoxy) is 1. The predicted molar refractivity (Wildman–Crippen MR) is 82.1 cm³/mol. The standard InChI is InChI=1S/C16H27N3O/c1-17-15(13-10-14(20-4)12-18-11-13)16(19(2)3)8-6-5-7-9-16/h10-12,15,17H,5-9H2,1-4H3. The molecule has 1 aromatic heterocycles. The van der Waals surface area contributed by atoms with Crippen molar-refractivity contribution in [2.24, 2.45) is 0 Å². The maximum absolute atomic E-state index is 5.33. The molecule has 1 heterocycles. The first-order chi connectivity index (χ1) is 9.64. The molecule has 1 aliphatic rings. The van der Waals surface area contributed by atoms with E-state index in [1.165, 1.54) is 37.7 Å². The molecule has 0 aliphatic heterocycles. The van der Waals surface area contributed by atoms with E-state index in [-0.39, 0.29) is 11.6 Å². The fourth-order valence-electron chi connectivity index (χ4n) is 3.61. The van der Waals surface area contributed by atoms with Gasteiger partial charge in [-0.15, -0.1) is 0 Å². The number of pyridine rings is 1. The number of hydrogen-bond donors (Lipinski definition) is 1. The summed E-state index contributed by atoms with van der Waals surface area (Å²) in [4.78, 5) is 6.72. The number of methoxy groups -OCH3 is 1. The fourth-order valence-corrected chi connectivity index (χ4v) is 3.61. The van der Waals surface area contributed by atoms with Crippen molar-refractivity contribution < 1.29 is 4.74 Å². The second kappa shape index (κ2) is 6.55. The fraction of sp³-hybridized carbons (Fsp3) is 0.688. The minimum Gasteiger partial charge on any atom is -0.495 e. The first kappa shape index (κ1) is 15.3.